The number of halogens is 2. The zero-order chi connectivity index (χ0) is 17.8. The molecule has 0 aromatic heterocycles. The minimum Gasteiger partial charge on any atom is -0.369 e. The molecule has 1 saturated heterocycles. The van der Waals surface area contributed by atoms with Crippen LogP contribution in [-0.2, 0) is 4.79 Å². The maximum atomic E-state index is 13.2. The molecule has 0 spiro atoms. The van der Waals surface area contributed by atoms with Crippen molar-refractivity contribution in [3.8, 4) is 0 Å². The molecule has 1 aliphatic heterocycles. The van der Waals surface area contributed by atoms with Gasteiger partial charge in [0, 0.05) is 43.6 Å². The number of rotatable bonds is 4. The molecule has 0 bridgehead atoms. The minimum absolute atomic E-state index is 0.223. The third-order valence-electron chi connectivity index (χ3n) is 4.55. The summed E-state index contributed by atoms with van der Waals surface area (Å²) >= 11 is 0. The molecule has 4 nitrogen and oxygen atoms in total. The van der Waals surface area contributed by atoms with E-state index in [1.807, 2.05) is 25.1 Å². The Labute approximate surface area is 146 Å². The molecule has 132 valence electrons. The molecule has 2 aromatic rings. The Morgan fingerprint density at radius 3 is 2.32 bits per heavy atom. The van der Waals surface area contributed by atoms with Crippen molar-refractivity contribution in [1.29, 1.82) is 0 Å². The molecule has 1 amide bonds. The first-order valence-corrected chi connectivity index (χ1v) is 8.34. The molecule has 1 N–H and O–H groups in total. The smallest absolute Gasteiger partial charge is 0.241 e. The van der Waals surface area contributed by atoms with Gasteiger partial charge < -0.3 is 10.2 Å². The summed E-state index contributed by atoms with van der Waals surface area (Å²) in [6.45, 7) is 5.04. The Bertz CT molecular complexity index is 731. The molecular weight excluding hydrogens is 324 g/mol. The first-order valence-electron chi connectivity index (χ1n) is 8.34. The van der Waals surface area contributed by atoms with Crippen molar-refractivity contribution in [1.82, 2.24) is 4.90 Å². The number of hydrogen-bond donors (Lipinski definition) is 1. The van der Waals surface area contributed by atoms with Crippen molar-refractivity contribution in [3.05, 3.63) is 60.2 Å². The van der Waals surface area contributed by atoms with Gasteiger partial charge in [-0.15, -0.1) is 0 Å². The zero-order valence-corrected chi connectivity index (χ0v) is 14.1. The van der Waals surface area contributed by atoms with Gasteiger partial charge in [0.05, 0.1) is 6.04 Å². The molecule has 6 heteroatoms. The molecule has 2 aromatic carbocycles. The number of piperazine rings is 1. The summed E-state index contributed by atoms with van der Waals surface area (Å²) in [6.07, 6.45) is 0. The molecule has 1 heterocycles. The zero-order valence-electron chi connectivity index (χ0n) is 14.1. The van der Waals surface area contributed by atoms with E-state index in [0.717, 1.165) is 38.3 Å². The van der Waals surface area contributed by atoms with Crippen LogP contribution in [-0.4, -0.2) is 43.0 Å². The Kier molecular flexibility index (Phi) is 5.28. The molecular formula is C19H21F2N3O. The SMILES string of the molecule is CC(C(=O)Nc1ccc(F)c(F)c1)N1CCN(c2ccccc2)CC1. The van der Waals surface area contributed by atoms with Crippen LogP contribution in [0.3, 0.4) is 0 Å². The van der Waals surface area contributed by atoms with Gasteiger partial charge in [-0.05, 0) is 31.2 Å². The fraction of sp³-hybridized carbons (Fsp3) is 0.316. The van der Waals surface area contributed by atoms with E-state index in [-0.39, 0.29) is 17.6 Å². The maximum Gasteiger partial charge on any atom is 0.241 e. The largest absolute Gasteiger partial charge is 0.369 e. The van der Waals surface area contributed by atoms with E-state index in [1.165, 1.54) is 11.8 Å². The first kappa shape index (κ1) is 17.4. The number of nitrogens with one attached hydrogen (secondary N) is 1. The van der Waals surface area contributed by atoms with Crippen LogP contribution in [0.2, 0.25) is 0 Å². The van der Waals surface area contributed by atoms with Crippen LogP contribution in [0.15, 0.2) is 48.5 Å². The van der Waals surface area contributed by atoms with Crippen LogP contribution in [0.5, 0.6) is 0 Å². The lowest BCUT2D eigenvalue weighted by Crippen LogP contribution is -2.52. The number of carbonyl (C=O) groups excluding carboxylic acids is 1. The van der Waals surface area contributed by atoms with Gasteiger partial charge in [-0.25, -0.2) is 8.78 Å². The molecule has 1 aliphatic rings. The van der Waals surface area contributed by atoms with Crippen LogP contribution in [0.4, 0.5) is 20.2 Å². The standard InChI is InChI=1S/C19H21F2N3O/c1-14(19(25)22-15-7-8-17(20)18(21)13-15)23-9-11-24(12-10-23)16-5-3-2-4-6-16/h2-8,13-14H,9-12H2,1H3,(H,22,25). The van der Waals surface area contributed by atoms with E-state index in [0.29, 0.717) is 0 Å². The van der Waals surface area contributed by atoms with E-state index in [2.05, 4.69) is 27.2 Å². The second-order valence-corrected chi connectivity index (χ2v) is 6.15. The van der Waals surface area contributed by atoms with E-state index in [9.17, 15) is 13.6 Å². The highest BCUT2D eigenvalue weighted by molar-refractivity contribution is 5.94. The molecule has 1 atom stereocenters. The van der Waals surface area contributed by atoms with Crippen LogP contribution in [0.1, 0.15) is 6.92 Å². The van der Waals surface area contributed by atoms with Crippen molar-refractivity contribution >= 4 is 17.3 Å². The second-order valence-electron chi connectivity index (χ2n) is 6.15. The van der Waals surface area contributed by atoms with Crippen LogP contribution in [0.25, 0.3) is 0 Å². The summed E-state index contributed by atoms with van der Waals surface area (Å²) < 4.78 is 26.2. The summed E-state index contributed by atoms with van der Waals surface area (Å²) in [7, 11) is 0. The minimum atomic E-state index is -0.970. The molecule has 0 aliphatic carbocycles. The van der Waals surface area contributed by atoms with Gasteiger partial charge in [0.2, 0.25) is 5.91 Å². The molecule has 3 rings (SSSR count). The third-order valence-corrected chi connectivity index (χ3v) is 4.55. The maximum absolute atomic E-state index is 13.2. The van der Waals surface area contributed by atoms with Crippen molar-refractivity contribution < 1.29 is 13.6 Å². The monoisotopic (exact) mass is 345 g/mol. The van der Waals surface area contributed by atoms with Gasteiger partial charge in [-0.2, -0.15) is 0 Å². The first-order chi connectivity index (χ1) is 12.0. The summed E-state index contributed by atoms with van der Waals surface area (Å²) in [4.78, 5) is 16.8. The number of nitrogens with zero attached hydrogens (tertiary/aromatic N) is 2. The van der Waals surface area contributed by atoms with Crippen molar-refractivity contribution in [2.75, 3.05) is 36.4 Å². The number of anilines is 2. The highest BCUT2D eigenvalue weighted by Crippen LogP contribution is 2.18. The predicted octanol–water partition coefficient (Wildman–Crippen LogP) is 3.11. The average Bonchev–Trinajstić information content (AvgIpc) is 2.65. The van der Waals surface area contributed by atoms with Gasteiger partial charge in [0.1, 0.15) is 0 Å². The lowest BCUT2D eigenvalue weighted by atomic mass is 10.2. The number of para-hydroxylation sites is 1. The predicted molar refractivity (Wildman–Crippen MR) is 94.7 cm³/mol. The lowest BCUT2D eigenvalue weighted by Gasteiger charge is -2.38. The third kappa shape index (κ3) is 4.14. The van der Waals surface area contributed by atoms with Gasteiger partial charge in [-0.1, -0.05) is 18.2 Å². The molecule has 25 heavy (non-hydrogen) atoms. The second kappa shape index (κ2) is 7.61. The number of amides is 1. The summed E-state index contributed by atoms with van der Waals surface area (Å²) in [5, 5.41) is 2.65. The fourth-order valence-corrected chi connectivity index (χ4v) is 2.99. The molecule has 0 saturated carbocycles. The van der Waals surface area contributed by atoms with E-state index < -0.39 is 11.6 Å². The van der Waals surface area contributed by atoms with Crippen LogP contribution < -0.4 is 10.2 Å². The number of benzene rings is 2. The van der Waals surface area contributed by atoms with E-state index >= 15 is 0 Å². The number of hydrogen-bond acceptors (Lipinski definition) is 3. The Balaban J connectivity index is 1.55. The summed E-state index contributed by atoms with van der Waals surface area (Å²) in [5.41, 5.74) is 1.44. The molecule has 1 fully saturated rings. The Hall–Kier alpha value is -2.47. The molecule has 0 radical (unpaired) electrons. The van der Waals surface area contributed by atoms with Crippen molar-refractivity contribution in [2.45, 2.75) is 13.0 Å². The van der Waals surface area contributed by atoms with Crippen molar-refractivity contribution in [3.63, 3.8) is 0 Å². The van der Waals surface area contributed by atoms with Gasteiger partial charge in [0.25, 0.3) is 0 Å². The summed E-state index contributed by atoms with van der Waals surface area (Å²) in [5.74, 6) is -2.12. The van der Waals surface area contributed by atoms with E-state index in [1.54, 1.807) is 0 Å². The highest BCUT2D eigenvalue weighted by atomic mass is 19.2. The molecule has 1 unspecified atom stereocenters. The van der Waals surface area contributed by atoms with Crippen molar-refractivity contribution in [2.24, 2.45) is 0 Å². The van der Waals surface area contributed by atoms with Crippen LogP contribution in [0, 0.1) is 11.6 Å². The Morgan fingerprint density at radius 2 is 1.68 bits per heavy atom. The van der Waals surface area contributed by atoms with Crippen LogP contribution >= 0.6 is 0 Å². The topological polar surface area (TPSA) is 35.6 Å². The quantitative estimate of drug-likeness (QED) is 0.925. The fourth-order valence-electron chi connectivity index (χ4n) is 2.99. The normalized spacial score (nSPS) is 16.5. The average molecular weight is 345 g/mol. The van der Waals surface area contributed by atoms with Gasteiger partial charge in [-0.3, -0.25) is 9.69 Å². The van der Waals surface area contributed by atoms with Gasteiger partial charge in [0.15, 0.2) is 11.6 Å². The Morgan fingerprint density at radius 1 is 1.00 bits per heavy atom. The van der Waals surface area contributed by atoms with Gasteiger partial charge >= 0.3 is 0 Å². The number of carbonyl (C=O) groups is 1. The lowest BCUT2D eigenvalue weighted by molar-refractivity contribution is -0.120. The highest BCUT2D eigenvalue weighted by Gasteiger charge is 2.25. The summed E-state index contributed by atoms with van der Waals surface area (Å²) in [6, 6.07) is 13.2. The van der Waals surface area contributed by atoms with E-state index in [4.69, 9.17) is 0 Å².